The third-order valence-electron chi connectivity index (χ3n) is 4.13. The van der Waals surface area contributed by atoms with Gasteiger partial charge in [0.2, 0.25) is 5.91 Å². The Labute approximate surface area is 163 Å². The summed E-state index contributed by atoms with van der Waals surface area (Å²) in [6.45, 7) is 2.82. The number of nitrogens with one attached hydrogen (secondary N) is 1. The molecule has 2 amide bonds. The van der Waals surface area contributed by atoms with Crippen molar-refractivity contribution >= 4 is 29.1 Å². The van der Waals surface area contributed by atoms with Crippen molar-refractivity contribution in [2.75, 3.05) is 24.7 Å². The lowest BCUT2D eigenvalue weighted by molar-refractivity contribution is -0.123. The van der Waals surface area contributed by atoms with Gasteiger partial charge < -0.3 is 19.7 Å². The van der Waals surface area contributed by atoms with E-state index in [2.05, 4.69) is 5.32 Å². The molecule has 1 aliphatic rings. The Morgan fingerprint density at radius 2 is 1.74 bits per heavy atom. The summed E-state index contributed by atoms with van der Waals surface area (Å²) in [4.78, 5) is 26.0. The Morgan fingerprint density at radius 1 is 1.11 bits per heavy atom. The molecule has 3 rings (SSSR count). The topological polar surface area (TPSA) is 67.9 Å². The zero-order chi connectivity index (χ0) is 19.2. The summed E-state index contributed by atoms with van der Waals surface area (Å²) < 4.78 is 10.8. The van der Waals surface area contributed by atoms with Gasteiger partial charge in [0.1, 0.15) is 11.5 Å². The minimum absolute atomic E-state index is 0.0324. The molecule has 0 aromatic heterocycles. The molecule has 1 heterocycles. The van der Waals surface area contributed by atoms with Crippen LogP contribution in [-0.2, 0) is 9.59 Å². The Hall–Kier alpha value is -2.73. The van der Waals surface area contributed by atoms with Crippen LogP contribution in [0.5, 0.6) is 11.5 Å². The lowest BCUT2D eigenvalue weighted by Crippen LogP contribution is -2.39. The average molecular weight is 389 g/mol. The fraction of sp³-hybridized carbons (Fsp3) is 0.300. The van der Waals surface area contributed by atoms with E-state index in [0.29, 0.717) is 23.9 Å². The molecular weight excluding hydrogens is 368 g/mol. The molecule has 2 aromatic carbocycles. The Bertz CT molecular complexity index is 793. The summed E-state index contributed by atoms with van der Waals surface area (Å²) in [6, 6.07) is 13.9. The molecule has 27 heavy (non-hydrogen) atoms. The molecule has 2 aromatic rings. The molecule has 6 nitrogen and oxygen atoms in total. The summed E-state index contributed by atoms with van der Waals surface area (Å²) in [5, 5.41) is 3.46. The van der Waals surface area contributed by atoms with Gasteiger partial charge in [-0.2, -0.15) is 0 Å². The number of nitrogens with zero attached hydrogens (tertiary/aromatic N) is 1. The summed E-state index contributed by atoms with van der Waals surface area (Å²) in [6.07, 6.45) is 0.261. The summed E-state index contributed by atoms with van der Waals surface area (Å²) in [5.74, 6) is 1.04. The molecule has 0 radical (unpaired) electrons. The zero-order valence-electron chi connectivity index (χ0n) is 15.0. The molecule has 0 unspecified atom stereocenters. The number of rotatable bonds is 7. The van der Waals surface area contributed by atoms with Crippen LogP contribution in [0.3, 0.4) is 0 Å². The van der Waals surface area contributed by atoms with Crippen molar-refractivity contribution in [3.8, 4) is 11.5 Å². The molecule has 0 aliphatic carbocycles. The number of carbonyl (C=O) groups excluding carboxylic acids is 2. The molecule has 0 spiro atoms. The van der Waals surface area contributed by atoms with E-state index in [1.54, 1.807) is 53.4 Å². The standard InChI is InChI=1S/C20H21ClN2O4/c1-2-26-17-7-9-18(10-8-17)27-13-19(24)22-15-11-20(25)23(12-15)16-5-3-14(21)4-6-16/h3-10,15H,2,11-13H2,1H3,(H,22,24)/t15-/m0/s1. The maximum Gasteiger partial charge on any atom is 0.258 e. The van der Waals surface area contributed by atoms with Crippen LogP contribution < -0.4 is 19.7 Å². The fourth-order valence-electron chi connectivity index (χ4n) is 2.89. The quantitative estimate of drug-likeness (QED) is 0.791. The van der Waals surface area contributed by atoms with E-state index in [9.17, 15) is 9.59 Å². The monoisotopic (exact) mass is 388 g/mol. The van der Waals surface area contributed by atoms with E-state index in [0.717, 1.165) is 11.4 Å². The Morgan fingerprint density at radius 3 is 2.37 bits per heavy atom. The number of amides is 2. The van der Waals surface area contributed by atoms with Crippen molar-refractivity contribution < 1.29 is 19.1 Å². The van der Waals surface area contributed by atoms with Crippen molar-refractivity contribution in [2.45, 2.75) is 19.4 Å². The predicted octanol–water partition coefficient (Wildman–Crippen LogP) is 3.04. The van der Waals surface area contributed by atoms with E-state index < -0.39 is 0 Å². The van der Waals surface area contributed by atoms with Crippen molar-refractivity contribution in [2.24, 2.45) is 0 Å². The molecule has 1 atom stereocenters. The van der Waals surface area contributed by atoms with Crippen LogP contribution in [0.15, 0.2) is 48.5 Å². The second kappa shape index (κ2) is 8.77. The van der Waals surface area contributed by atoms with Crippen LogP contribution in [0, 0.1) is 0 Å². The molecule has 0 bridgehead atoms. The third-order valence-corrected chi connectivity index (χ3v) is 4.39. The van der Waals surface area contributed by atoms with Gasteiger partial charge >= 0.3 is 0 Å². The summed E-state index contributed by atoms with van der Waals surface area (Å²) >= 11 is 5.88. The summed E-state index contributed by atoms with van der Waals surface area (Å²) in [5.41, 5.74) is 0.770. The third kappa shape index (κ3) is 5.14. The van der Waals surface area contributed by atoms with Crippen molar-refractivity contribution in [1.29, 1.82) is 0 Å². The smallest absolute Gasteiger partial charge is 0.258 e. The number of anilines is 1. The Kier molecular flexibility index (Phi) is 6.19. The largest absolute Gasteiger partial charge is 0.494 e. The number of hydrogen-bond acceptors (Lipinski definition) is 4. The second-order valence-electron chi connectivity index (χ2n) is 6.14. The van der Waals surface area contributed by atoms with E-state index in [1.807, 2.05) is 6.92 Å². The van der Waals surface area contributed by atoms with Gasteiger partial charge in [-0.1, -0.05) is 11.6 Å². The molecule has 142 valence electrons. The van der Waals surface area contributed by atoms with Crippen molar-refractivity contribution in [3.63, 3.8) is 0 Å². The van der Waals surface area contributed by atoms with E-state index in [1.165, 1.54) is 0 Å². The number of halogens is 1. The van der Waals surface area contributed by atoms with Crippen LogP contribution in [0.4, 0.5) is 5.69 Å². The van der Waals surface area contributed by atoms with E-state index in [4.69, 9.17) is 21.1 Å². The first-order valence-corrected chi connectivity index (χ1v) is 9.14. The minimum Gasteiger partial charge on any atom is -0.494 e. The molecule has 1 N–H and O–H groups in total. The lowest BCUT2D eigenvalue weighted by atomic mass is 10.2. The fourth-order valence-corrected chi connectivity index (χ4v) is 3.02. The van der Waals surface area contributed by atoms with E-state index >= 15 is 0 Å². The number of carbonyl (C=O) groups is 2. The maximum absolute atomic E-state index is 12.2. The van der Waals surface area contributed by atoms with Gasteiger partial charge in [-0.3, -0.25) is 9.59 Å². The highest BCUT2D eigenvalue weighted by molar-refractivity contribution is 6.30. The van der Waals surface area contributed by atoms with Gasteiger partial charge in [0, 0.05) is 23.7 Å². The normalized spacial score (nSPS) is 16.3. The average Bonchev–Trinajstić information content (AvgIpc) is 3.02. The van der Waals surface area contributed by atoms with Gasteiger partial charge in [-0.15, -0.1) is 0 Å². The maximum atomic E-state index is 12.2. The molecule has 1 aliphatic heterocycles. The number of hydrogen-bond donors (Lipinski definition) is 1. The highest BCUT2D eigenvalue weighted by Gasteiger charge is 2.31. The van der Waals surface area contributed by atoms with Gasteiger partial charge in [-0.25, -0.2) is 0 Å². The van der Waals surface area contributed by atoms with Crippen LogP contribution in [0.2, 0.25) is 5.02 Å². The molecular formula is C20H21ClN2O4. The first kappa shape index (κ1) is 19.0. The van der Waals surface area contributed by atoms with Gasteiger partial charge in [0.05, 0.1) is 12.6 Å². The number of benzene rings is 2. The second-order valence-corrected chi connectivity index (χ2v) is 6.58. The predicted molar refractivity (Wildman–Crippen MR) is 103 cm³/mol. The van der Waals surface area contributed by atoms with Crippen LogP contribution in [0.25, 0.3) is 0 Å². The Balaban J connectivity index is 1.48. The molecule has 0 saturated carbocycles. The van der Waals surface area contributed by atoms with Crippen LogP contribution in [-0.4, -0.2) is 37.6 Å². The van der Waals surface area contributed by atoms with Gasteiger partial charge in [-0.05, 0) is 55.5 Å². The van der Waals surface area contributed by atoms with Gasteiger partial charge in [0.15, 0.2) is 6.61 Å². The van der Waals surface area contributed by atoms with Gasteiger partial charge in [0.25, 0.3) is 5.91 Å². The van der Waals surface area contributed by atoms with E-state index in [-0.39, 0.29) is 30.9 Å². The first-order chi connectivity index (χ1) is 13.0. The zero-order valence-corrected chi connectivity index (χ0v) is 15.7. The lowest BCUT2D eigenvalue weighted by Gasteiger charge is -2.17. The first-order valence-electron chi connectivity index (χ1n) is 8.76. The highest BCUT2D eigenvalue weighted by Crippen LogP contribution is 2.23. The van der Waals surface area contributed by atoms with Crippen LogP contribution >= 0.6 is 11.6 Å². The summed E-state index contributed by atoms with van der Waals surface area (Å²) in [7, 11) is 0. The SMILES string of the molecule is CCOc1ccc(OCC(=O)N[C@H]2CC(=O)N(c3ccc(Cl)cc3)C2)cc1. The minimum atomic E-state index is -0.264. The van der Waals surface area contributed by atoms with Crippen LogP contribution in [0.1, 0.15) is 13.3 Å². The highest BCUT2D eigenvalue weighted by atomic mass is 35.5. The molecule has 1 fully saturated rings. The molecule has 7 heteroatoms. The van der Waals surface area contributed by atoms with Crippen molar-refractivity contribution in [1.82, 2.24) is 5.32 Å². The molecule has 1 saturated heterocycles. The number of ether oxygens (including phenoxy) is 2. The van der Waals surface area contributed by atoms with Crippen molar-refractivity contribution in [3.05, 3.63) is 53.6 Å².